The second-order valence-electron chi connectivity index (χ2n) is 5.73. The van der Waals surface area contributed by atoms with Crippen LogP contribution in [0.4, 0.5) is 5.82 Å². The van der Waals surface area contributed by atoms with E-state index in [0.29, 0.717) is 18.8 Å². The van der Waals surface area contributed by atoms with Crippen LogP contribution in [0.1, 0.15) is 11.3 Å². The molecule has 7 nitrogen and oxygen atoms in total. The predicted octanol–water partition coefficient (Wildman–Crippen LogP) is 1.59. The highest BCUT2D eigenvalue weighted by atomic mass is 32.2. The van der Waals surface area contributed by atoms with Crippen LogP contribution >= 0.6 is 11.8 Å². The minimum absolute atomic E-state index is 0.444. The fourth-order valence-electron chi connectivity index (χ4n) is 2.65. The number of benzene rings is 1. The molecule has 1 aliphatic rings. The largest absolute Gasteiger partial charge is 0.380 e. The number of aliphatic hydroxyl groups is 1. The van der Waals surface area contributed by atoms with Crippen molar-refractivity contribution in [2.24, 2.45) is 0 Å². The van der Waals surface area contributed by atoms with Gasteiger partial charge in [0.15, 0.2) is 0 Å². The van der Waals surface area contributed by atoms with Gasteiger partial charge in [-0.15, -0.1) is 11.8 Å². The summed E-state index contributed by atoms with van der Waals surface area (Å²) in [5.41, 5.74) is 0.855. The Bertz CT molecular complexity index is 804. The Hall–Kier alpha value is -2.45. The van der Waals surface area contributed by atoms with Gasteiger partial charge in [0.25, 0.3) is 0 Å². The van der Waals surface area contributed by atoms with Gasteiger partial charge in [-0.1, -0.05) is 30.3 Å². The normalized spacial score (nSPS) is 16.0. The molecule has 0 aliphatic carbocycles. The molecule has 1 aliphatic heterocycles. The van der Waals surface area contributed by atoms with Gasteiger partial charge in [0.05, 0.1) is 19.3 Å². The molecule has 1 aromatic carbocycles. The monoisotopic (exact) mass is 340 g/mol. The quantitative estimate of drug-likeness (QED) is 0.538. The van der Waals surface area contributed by atoms with Crippen LogP contribution in [0.3, 0.4) is 0 Å². The smallest absolute Gasteiger partial charge is 0.145 e. The molecule has 4 rings (SSSR count). The second kappa shape index (κ2) is 6.21. The third-order valence-electron chi connectivity index (χ3n) is 3.98. The molecule has 3 aromatic rings. The number of H-pyrrole nitrogens is 1. The molecule has 122 valence electrons. The van der Waals surface area contributed by atoms with E-state index in [4.69, 9.17) is 0 Å². The molecule has 0 saturated carbocycles. The first-order chi connectivity index (χ1) is 11.7. The molecule has 0 amide bonds. The van der Waals surface area contributed by atoms with Gasteiger partial charge in [-0.05, 0) is 5.56 Å². The summed E-state index contributed by atoms with van der Waals surface area (Å²) in [6.45, 7) is 0.888. The number of hydrogen-bond acceptors (Lipinski definition) is 7. The molecule has 0 radical (unpaired) electrons. The van der Waals surface area contributed by atoms with Gasteiger partial charge >= 0.3 is 0 Å². The second-order valence-corrected chi connectivity index (χ2v) is 6.73. The average Bonchev–Trinajstić information content (AvgIpc) is 3.13. The molecule has 0 spiro atoms. The molecule has 3 heterocycles. The maximum Gasteiger partial charge on any atom is 0.145 e. The molecule has 0 unspecified atom stereocenters. The summed E-state index contributed by atoms with van der Waals surface area (Å²) in [5.74, 6) is 1.67. The van der Waals surface area contributed by atoms with Crippen molar-refractivity contribution in [2.45, 2.75) is 16.4 Å². The number of anilines is 1. The van der Waals surface area contributed by atoms with E-state index >= 15 is 0 Å². The van der Waals surface area contributed by atoms with E-state index in [2.05, 4.69) is 37.5 Å². The van der Waals surface area contributed by atoms with Gasteiger partial charge < -0.3 is 10.0 Å². The Morgan fingerprint density at radius 1 is 1.21 bits per heavy atom. The predicted molar refractivity (Wildman–Crippen MR) is 90.5 cm³/mol. The molecular formula is C16H16N6OS. The van der Waals surface area contributed by atoms with Crippen molar-refractivity contribution in [3.63, 3.8) is 0 Å². The van der Waals surface area contributed by atoms with Gasteiger partial charge in [0, 0.05) is 11.8 Å². The fourth-order valence-corrected chi connectivity index (χ4v) is 3.47. The van der Waals surface area contributed by atoms with Gasteiger partial charge in [-0.2, -0.15) is 15.4 Å². The molecule has 24 heavy (non-hydrogen) atoms. The molecular weight excluding hydrogens is 324 g/mol. The third kappa shape index (κ3) is 2.98. The van der Waals surface area contributed by atoms with Crippen LogP contribution in [-0.4, -0.2) is 43.6 Å². The lowest BCUT2D eigenvalue weighted by atomic mass is 9.91. The minimum Gasteiger partial charge on any atom is -0.380 e. The number of nitrogens with one attached hydrogen (secondary N) is 1. The third-order valence-corrected chi connectivity index (χ3v) is 4.97. The summed E-state index contributed by atoms with van der Waals surface area (Å²) in [4.78, 5) is 10.6. The molecule has 1 fully saturated rings. The van der Waals surface area contributed by atoms with E-state index in [0.717, 1.165) is 16.6 Å². The number of thioether (sulfide) groups is 1. The van der Waals surface area contributed by atoms with Crippen molar-refractivity contribution in [3.05, 3.63) is 60.2 Å². The van der Waals surface area contributed by atoms with Crippen LogP contribution in [0.2, 0.25) is 0 Å². The summed E-state index contributed by atoms with van der Waals surface area (Å²) in [5, 5.41) is 21.7. The van der Waals surface area contributed by atoms with Crippen molar-refractivity contribution in [1.82, 2.24) is 25.4 Å². The first kappa shape index (κ1) is 15.1. The zero-order valence-corrected chi connectivity index (χ0v) is 13.6. The van der Waals surface area contributed by atoms with E-state index in [1.807, 2.05) is 29.2 Å². The van der Waals surface area contributed by atoms with E-state index in [9.17, 15) is 5.11 Å². The fraction of sp³-hybridized carbons (Fsp3) is 0.250. The van der Waals surface area contributed by atoms with E-state index in [1.54, 1.807) is 24.3 Å². The van der Waals surface area contributed by atoms with Crippen molar-refractivity contribution < 1.29 is 5.11 Å². The van der Waals surface area contributed by atoms with Crippen molar-refractivity contribution in [2.75, 3.05) is 18.0 Å². The molecule has 0 atom stereocenters. The first-order valence-electron chi connectivity index (χ1n) is 7.55. The maximum atomic E-state index is 10.5. The van der Waals surface area contributed by atoms with Crippen LogP contribution in [0.25, 0.3) is 0 Å². The molecule has 2 aromatic heterocycles. The number of aromatic amines is 1. The number of aromatic nitrogens is 5. The SMILES string of the molecule is OC1(c2cn[nH]n2)CN(c2cc(SCc3ccccc3)ncn2)C1. The molecule has 0 bridgehead atoms. The Morgan fingerprint density at radius 2 is 2.04 bits per heavy atom. The summed E-state index contributed by atoms with van der Waals surface area (Å²) in [6, 6.07) is 12.2. The van der Waals surface area contributed by atoms with Crippen LogP contribution in [0, 0.1) is 0 Å². The van der Waals surface area contributed by atoms with Crippen molar-refractivity contribution in [3.8, 4) is 0 Å². The van der Waals surface area contributed by atoms with E-state index in [1.165, 1.54) is 5.56 Å². The Morgan fingerprint density at radius 3 is 2.79 bits per heavy atom. The number of nitrogens with zero attached hydrogens (tertiary/aromatic N) is 5. The summed E-state index contributed by atoms with van der Waals surface area (Å²) >= 11 is 1.67. The standard InChI is InChI=1S/C16H16N6OS/c23-16(13-7-19-21-20-13)9-22(10-16)14-6-15(18-11-17-14)24-8-12-4-2-1-3-5-12/h1-7,11,23H,8-10H2,(H,19,20,21). The van der Waals surface area contributed by atoms with Gasteiger partial charge in [0.1, 0.15) is 28.5 Å². The lowest BCUT2D eigenvalue weighted by molar-refractivity contribution is 0.00282. The Balaban J connectivity index is 1.41. The van der Waals surface area contributed by atoms with Gasteiger partial charge in [-0.25, -0.2) is 9.97 Å². The summed E-state index contributed by atoms with van der Waals surface area (Å²) in [6.07, 6.45) is 3.12. The van der Waals surface area contributed by atoms with E-state index < -0.39 is 5.60 Å². The Kier molecular flexibility index (Phi) is 3.91. The van der Waals surface area contributed by atoms with Crippen LogP contribution in [0.5, 0.6) is 0 Å². The highest BCUT2D eigenvalue weighted by Crippen LogP contribution is 2.34. The number of rotatable bonds is 5. The van der Waals surface area contributed by atoms with E-state index in [-0.39, 0.29) is 0 Å². The summed E-state index contributed by atoms with van der Waals surface area (Å²) in [7, 11) is 0. The Labute approximate surface area is 143 Å². The molecule has 8 heteroatoms. The average molecular weight is 340 g/mol. The van der Waals surface area contributed by atoms with Crippen molar-refractivity contribution in [1.29, 1.82) is 0 Å². The van der Waals surface area contributed by atoms with Gasteiger partial charge in [-0.3, -0.25) is 0 Å². The maximum absolute atomic E-state index is 10.5. The van der Waals surface area contributed by atoms with Gasteiger partial charge in [0.2, 0.25) is 0 Å². The van der Waals surface area contributed by atoms with Crippen LogP contribution in [-0.2, 0) is 11.4 Å². The minimum atomic E-state index is -0.963. The highest BCUT2D eigenvalue weighted by Gasteiger charge is 2.45. The van der Waals surface area contributed by atoms with Crippen molar-refractivity contribution >= 4 is 17.6 Å². The number of hydrogen-bond donors (Lipinski definition) is 2. The topological polar surface area (TPSA) is 90.8 Å². The lowest BCUT2D eigenvalue weighted by Gasteiger charge is -2.45. The number of β-amino-alcohol motifs (C(OH)–C–C–N with tert-alkyl or cyclic N) is 1. The highest BCUT2D eigenvalue weighted by molar-refractivity contribution is 7.98. The van der Waals surface area contributed by atoms with Crippen LogP contribution in [0.15, 0.2) is 53.9 Å². The van der Waals surface area contributed by atoms with Crippen LogP contribution < -0.4 is 4.90 Å². The lowest BCUT2D eigenvalue weighted by Crippen LogP contribution is -2.60. The molecule has 2 N–H and O–H groups in total. The zero-order valence-electron chi connectivity index (χ0n) is 12.8. The summed E-state index contributed by atoms with van der Waals surface area (Å²) < 4.78 is 0. The first-order valence-corrected chi connectivity index (χ1v) is 8.54. The zero-order chi connectivity index (χ0) is 16.4. The molecule has 1 saturated heterocycles.